The highest BCUT2D eigenvalue weighted by Crippen LogP contribution is 2.11. The van der Waals surface area contributed by atoms with Crippen LogP contribution in [0, 0.1) is 17.0 Å². The molecule has 1 rings (SSSR count). The molecule has 8 nitrogen and oxygen atoms in total. The van der Waals surface area contributed by atoms with E-state index in [1.54, 1.807) is 23.4 Å². The molecule has 1 unspecified atom stereocenters. The molecular weight excluding hydrogens is 250 g/mol. The summed E-state index contributed by atoms with van der Waals surface area (Å²) in [5.74, 6) is 0.274. The fraction of sp³-hybridized carbons (Fsp3) is 0.636. The number of carbonyl (C=O) groups is 1. The molecule has 19 heavy (non-hydrogen) atoms. The molecule has 1 heterocycles. The first-order chi connectivity index (χ1) is 8.86. The van der Waals surface area contributed by atoms with Gasteiger partial charge in [-0.25, -0.2) is 0 Å². The number of nitrogens with two attached hydrogens (primary N) is 1. The maximum atomic E-state index is 11.9. The Hall–Kier alpha value is -1.96. The molecule has 0 saturated carbocycles. The van der Waals surface area contributed by atoms with Gasteiger partial charge >= 0.3 is 5.82 Å². The largest absolute Gasteiger partial charge is 0.381 e. The zero-order valence-electron chi connectivity index (χ0n) is 11.4. The summed E-state index contributed by atoms with van der Waals surface area (Å²) in [6, 6.07) is -0.0225. The minimum absolute atomic E-state index is 0.0225. The third-order valence-electron chi connectivity index (χ3n) is 3.11. The van der Waals surface area contributed by atoms with Crippen molar-refractivity contribution in [3.05, 3.63) is 22.1 Å². The summed E-state index contributed by atoms with van der Waals surface area (Å²) >= 11 is 0. The molecule has 0 spiro atoms. The molecule has 8 heteroatoms. The molecule has 1 amide bonds. The van der Waals surface area contributed by atoms with Crippen LogP contribution in [0.25, 0.3) is 0 Å². The minimum atomic E-state index is -0.548. The molecule has 0 aromatic carbocycles. The molecule has 0 aliphatic carbocycles. The maximum Gasteiger partial charge on any atom is 0.381 e. The van der Waals surface area contributed by atoms with Gasteiger partial charge in [0.1, 0.15) is 6.20 Å². The SMILES string of the molecule is Cc1nc([N+](=O)[O-])cn1CCC(=O)N(C)C(C)CN. The fourth-order valence-electron chi connectivity index (χ4n) is 1.60. The molecule has 0 fully saturated rings. The van der Waals surface area contributed by atoms with Crippen molar-refractivity contribution < 1.29 is 9.72 Å². The number of rotatable bonds is 6. The van der Waals surface area contributed by atoms with E-state index in [1.807, 2.05) is 6.92 Å². The highest BCUT2D eigenvalue weighted by Gasteiger charge is 2.18. The Morgan fingerprint density at radius 1 is 1.68 bits per heavy atom. The first-order valence-electron chi connectivity index (χ1n) is 6.00. The number of aromatic nitrogens is 2. The van der Waals surface area contributed by atoms with Gasteiger partial charge in [0.25, 0.3) is 0 Å². The van der Waals surface area contributed by atoms with Crippen molar-refractivity contribution in [3.63, 3.8) is 0 Å². The summed E-state index contributed by atoms with van der Waals surface area (Å²) in [7, 11) is 1.70. The lowest BCUT2D eigenvalue weighted by Crippen LogP contribution is -2.40. The summed E-state index contributed by atoms with van der Waals surface area (Å²) < 4.78 is 1.61. The van der Waals surface area contributed by atoms with E-state index in [0.717, 1.165) is 0 Å². The quantitative estimate of drug-likeness (QED) is 0.590. The predicted molar refractivity (Wildman–Crippen MR) is 69.5 cm³/mol. The van der Waals surface area contributed by atoms with Crippen LogP contribution in [0.1, 0.15) is 19.2 Å². The van der Waals surface area contributed by atoms with Gasteiger partial charge in [0, 0.05) is 39.5 Å². The van der Waals surface area contributed by atoms with Crippen LogP contribution >= 0.6 is 0 Å². The standard InChI is InChI=1S/C11H19N5O3/c1-8(6-12)14(3)11(17)4-5-15-7-10(16(18)19)13-9(15)2/h7-8H,4-6,12H2,1-3H3. The number of hydrogen-bond donors (Lipinski definition) is 1. The number of nitro groups is 1. The molecule has 1 atom stereocenters. The van der Waals surface area contributed by atoms with E-state index in [0.29, 0.717) is 18.9 Å². The van der Waals surface area contributed by atoms with E-state index in [9.17, 15) is 14.9 Å². The van der Waals surface area contributed by atoms with E-state index in [-0.39, 0.29) is 24.2 Å². The van der Waals surface area contributed by atoms with E-state index in [4.69, 9.17) is 5.73 Å². The Balaban J connectivity index is 2.62. The molecule has 1 aromatic rings. The second kappa shape index (κ2) is 6.28. The van der Waals surface area contributed by atoms with Gasteiger partial charge in [0.15, 0.2) is 0 Å². The maximum absolute atomic E-state index is 11.9. The summed E-state index contributed by atoms with van der Waals surface area (Å²) in [5.41, 5.74) is 5.49. The molecular formula is C11H19N5O3. The number of amides is 1. The van der Waals surface area contributed by atoms with Crippen molar-refractivity contribution in [1.82, 2.24) is 14.5 Å². The Kier molecular flexibility index (Phi) is 4.99. The minimum Gasteiger partial charge on any atom is -0.358 e. The molecule has 0 radical (unpaired) electrons. The summed E-state index contributed by atoms with van der Waals surface area (Å²) in [6.07, 6.45) is 1.60. The van der Waals surface area contributed by atoms with Gasteiger partial charge in [0.2, 0.25) is 11.7 Å². The van der Waals surface area contributed by atoms with Gasteiger partial charge < -0.3 is 25.3 Å². The van der Waals surface area contributed by atoms with E-state index in [1.165, 1.54) is 6.20 Å². The fourth-order valence-corrected chi connectivity index (χ4v) is 1.60. The number of hydrogen-bond acceptors (Lipinski definition) is 5. The van der Waals surface area contributed by atoms with Crippen LogP contribution in [-0.2, 0) is 11.3 Å². The first-order valence-corrected chi connectivity index (χ1v) is 6.00. The summed E-state index contributed by atoms with van der Waals surface area (Å²) in [5, 5.41) is 10.6. The molecule has 0 bridgehead atoms. The lowest BCUT2D eigenvalue weighted by atomic mass is 10.2. The van der Waals surface area contributed by atoms with Gasteiger partial charge in [-0.05, 0) is 16.8 Å². The van der Waals surface area contributed by atoms with E-state index in [2.05, 4.69) is 4.98 Å². The van der Waals surface area contributed by atoms with E-state index >= 15 is 0 Å². The third kappa shape index (κ3) is 3.75. The molecule has 1 aromatic heterocycles. The Morgan fingerprint density at radius 3 is 2.79 bits per heavy atom. The zero-order valence-corrected chi connectivity index (χ0v) is 11.4. The van der Waals surface area contributed by atoms with Crippen LogP contribution in [0.4, 0.5) is 5.82 Å². The summed E-state index contributed by atoms with van der Waals surface area (Å²) in [6.45, 7) is 4.31. The van der Waals surface area contributed by atoms with Crippen LogP contribution < -0.4 is 5.73 Å². The van der Waals surface area contributed by atoms with Gasteiger partial charge in [-0.3, -0.25) is 4.79 Å². The average Bonchev–Trinajstić information content (AvgIpc) is 2.75. The number of likely N-dealkylation sites (N-methyl/N-ethyl adjacent to an activating group) is 1. The van der Waals surface area contributed by atoms with Gasteiger partial charge in [0.05, 0.1) is 0 Å². The van der Waals surface area contributed by atoms with Gasteiger partial charge in [-0.1, -0.05) is 0 Å². The predicted octanol–water partition coefficient (Wildman–Crippen LogP) is 0.295. The Bertz CT molecular complexity index is 471. The second-order valence-electron chi connectivity index (χ2n) is 4.44. The normalized spacial score (nSPS) is 12.2. The lowest BCUT2D eigenvalue weighted by Gasteiger charge is -2.23. The summed E-state index contributed by atoms with van der Waals surface area (Å²) in [4.78, 5) is 27.3. The topological polar surface area (TPSA) is 107 Å². The Morgan fingerprint density at radius 2 is 2.32 bits per heavy atom. The molecule has 0 saturated heterocycles. The van der Waals surface area contributed by atoms with Gasteiger partial charge in [-0.2, -0.15) is 0 Å². The molecule has 2 N–H and O–H groups in total. The van der Waals surface area contributed by atoms with Crippen molar-refractivity contribution in [2.45, 2.75) is 32.9 Å². The van der Waals surface area contributed by atoms with Crippen molar-refractivity contribution in [3.8, 4) is 0 Å². The van der Waals surface area contributed by atoms with E-state index < -0.39 is 4.92 Å². The monoisotopic (exact) mass is 269 g/mol. The van der Waals surface area contributed by atoms with Crippen LogP contribution in [0.5, 0.6) is 0 Å². The number of nitrogens with zero attached hydrogens (tertiary/aromatic N) is 4. The van der Waals surface area contributed by atoms with Crippen molar-refractivity contribution in [2.24, 2.45) is 5.73 Å². The number of imidazole rings is 1. The van der Waals surface area contributed by atoms with Gasteiger partial charge in [-0.15, -0.1) is 0 Å². The smallest absolute Gasteiger partial charge is 0.358 e. The first kappa shape index (κ1) is 15.1. The van der Waals surface area contributed by atoms with Crippen LogP contribution in [0.3, 0.4) is 0 Å². The number of carbonyl (C=O) groups excluding carboxylic acids is 1. The lowest BCUT2D eigenvalue weighted by molar-refractivity contribution is -0.389. The average molecular weight is 269 g/mol. The van der Waals surface area contributed by atoms with Crippen molar-refractivity contribution in [1.29, 1.82) is 0 Å². The highest BCUT2D eigenvalue weighted by molar-refractivity contribution is 5.76. The van der Waals surface area contributed by atoms with Crippen LogP contribution in [0.15, 0.2) is 6.20 Å². The highest BCUT2D eigenvalue weighted by atomic mass is 16.6. The van der Waals surface area contributed by atoms with Crippen molar-refractivity contribution >= 4 is 11.7 Å². The molecule has 106 valence electrons. The molecule has 0 aliphatic rings. The van der Waals surface area contributed by atoms with Crippen LogP contribution in [0.2, 0.25) is 0 Å². The zero-order chi connectivity index (χ0) is 14.6. The molecule has 0 aliphatic heterocycles. The second-order valence-corrected chi connectivity index (χ2v) is 4.44. The third-order valence-corrected chi connectivity index (χ3v) is 3.11. The van der Waals surface area contributed by atoms with Crippen LogP contribution in [-0.4, -0.2) is 44.9 Å². The van der Waals surface area contributed by atoms with Crippen molar-refractivity contribution in [2.75, 3.05) is 13.6 Å². The Labute approximate surface area is 111 Å². The number of aryl methyl sites for hydroxylation is 2.